The lowest BCUT2D eigenvalue weighted by atomic mass is 10.3. The van der Waals surface area contributed by atoms with Crippen molar-refractivity contribution in [2.75, 3.05) is 13.1 Å². The Morgan fingerprint density at radius 3 is 2.39 bits per heavy atom. The highest BCUT2D eigenvalue weighted by Gasteiger charge is 2.23. The molecular weight excluding hydrogens is 306 g/mol. The number of likely N-dealkylation sites (N-methyl/N-ethyl adjacent to an activating group) is 1. The summed E-state index contributed by atoms with van der Waals surface area (Å²) in [5.41, 5.74) is 0. The van der Waals surface area contributed by atoms with E-state index in [1.165, 1.54) is 17.9 Å². The molecule has 128 valence electrons. The predicted molar refractivity (Wildman–Crippen MR) is 82.0 cm³/mol. The number of benzene rings is 1. The Bertz CT molecular complexity index is 564. The Morgan fingerprint density at radius 1 is 1.22 bits per heavy atom. The van der Waals surface area contributed by atoms with Crippen molar-refractivity contribution in [3.05, 3.63) is 29.8 Å². The molecule has 1 unspecified atom stereocenters. The number of nitrogens with one attached hydrogen (secondary N) is 1. The standard InChI is InChI=1S/C16H22F2N2O3/c1-5-20(9-15(21)19-10(2)3)16(22)11(4)23-12-6-7-13(17)14(18)8-12/h6-8,10-11H,5,9H2,1-4H3,(H,19,21). The van der Waals surface area contributed by atoms with Gasteiger partial charge in [-0.3, -0.25) is 9.59 Å². The van der Waals surface area contributed by atoms with E-state index in [1.807, 2.05) is 13.8 Å². The first-order valence-electron chi connectivity index (χ1n) is 7.44. The Kier molecular flexibility index (Phi) is 6.93. The van der Waals surface area contributed by atoms with E-state index in [-0.39, 0.29) is 24.2 Å². The van der Waals surface area contributed by atoms with Crippen LogP contribution in [0.25, 0.3) is 0 Å². The number of rotatable bonds is 7. The van der Waals surface area contributed by atoms with Gasteiger partial charge in [-0.25, -0.2) is 8.78 Å². The Balaban J connectivity index is 2.68. The van der Waals surface area contributed by atoms with Gasteiger partial charge in [0.1, 0.15) is 5.75 Å². The van der Waals surface area contributed by atoms with Crippen LogP contribution >= 0.6 is 0 Å². The second-order valence-corrected chi connectivity index (χ2v) is 5.41. The van der Waals surface area contributed by atoms with Crippen molar-refractivity contribution < 1.29 is 23.1 Å². The summed E-state index contributed by atoms with van der Waals surface area (Å²) in [6.45, 7) is 7.13. The van der Waals surface area contributed by atoms with E-state index < -0.39 is 23.6 Å². The van der Waals surface area contributed by atoms with Gasteiger partial charge in [-0.1, -0.05) is 0 Å². The molecule has 0 aliphatic heterocycles. The van der Waals surface area contributed by atoms with Crippen molar-refractivity contribution in [1.82, 2.24) is 10.2 Å². The molecule has 23 heavy (non-hydrogen) atoms. The van der Waals surface area contributed by atoms with Gasteiger partial charge in [-0.05, 0) is 39.8 Å². The van der Waals surface area contributed by atoms with E-state index in [4.69, 9.17) is 4.74 Å². The van der Waals surface area contributed by atoms with Crippen molar-refractivity contribution in [3.63, 3.8) is 0 Å². The van der Waals surface area contributed by atoms with Crippen molar-refractivity contribution >= 4 is 11.8 Å². The molecule has 2 amide bonds. The highest BCUT2D eigenvalue weighted by Crippen LogP contribution is 2.17. The molecule has 0 radical (unpaired) electrons. The van der Waals surface area contributed by atoms with Crippen LogP contribution in [0.4, 0.5) is 8.78 Å². The van der Waals surface area contributed by atoms with Crippen LogP contribution in [0.15, 0.2) is 18.2 Å². The molecule has 5 nitrogen and oxygen atoms in total. The van der Waals surface area contributed by atoms with Gasteiger partial charge in [0.25, 0.3) is 5.91 Å². The molecule has 7 heteroatoms. The zero-order chi connectivity index (χ0) is 17.6. The summed E-state index contributed by atoms with van der Waals surface area (Å²) >= 11 is 0. The minimum Gasteiger partial charge on any atom is -0.481 e. The molecule has 0 fully saturated rings. The maximum absolute atomic E-state index is 13.1. The van der Waals surface area contributed by atoms with Crippen molar-refractivity contribution in [3.8, 4) is 5.75 Å². The summed E-state index contributed by atoms with van der Waals surface area (Å²) in [4.78, 5) is 25.4. The average Bonchev–Trinajstić information content (AvgIpc) is 2.47. The molecule has 1 aromatic carbocycles. The third-order valence-corrected chi connectivity index (χ3v) is 3.03. The molecule has 1 aromatic rings. The highest BCUT2D eigenvalue weighted by molar-refractivity contribution is 5.87. The zero-order valence-electron chi connectivity index (χ0n) is 13.7. The fraction of sp³-hybridized carbons (Fsp3) is 0.500. The second kappa shape index (κ2) is 8.45. The quantitative estimate of drug-likeness (QED) is 0.834. The van der Waals surface area contributed by atoms with Gasteiger partial charge in [-0.2, -0.15) is 0 Å². The molecule has 0 spiro atoms. The molecule has 0 saturated heterocycles. The first kappa shape index (κ1) is 18.9. The second-order valence-electron chi connectivity index (χ2n) is 5.41. The van der Waals surface area contributed by atoms with Gasteiger partial charge in [-0.15, -0.1) is 0 Å². The smallest absolute Gasteiger partial charge is 0.263 e. The van der Waals surface area contributed by atoms with Gasteiger partial charge in [0.05, 0.1) is 6.54 Å². The lowest BCUT2D eigenvalue weighted by Crippen LogP contribution is -2.46. The fourth-order valence-corrected chi connectivity index (χ4v) is 1.95. The van der Waals surface area contributed by atoms with Crippen molar-refractivity contribution in [1.29, 1.82) is 0 Å². The van der Waals surface area contributed by atoms with Gasteiger partial charge < -0.3 is 15.0 Å². The minimum atomic E-state index is -1.05. The van der Waals surface area contributed by atoms with E-state index in [9.17, 15) is 18.4 Å². The predicted octanol–water partition coefficient (Wildman–Crippen LogP) is 2.11. The number of carbonyl (C=O) groups is 2. The molecule has 0 heterocycles. The molecule has 0 aliphatic rings. The van der Waals surface area contributed by atoms with Crippen LogP contribution in [0.5, 0.6) is 5.75 Å². The third kappa shape index (κ3) is 5.84. The SMILES string of the molecule is CCN(CC(=O)NC(C)C)C(=O)C(C)Oc1ccc(F)c(F)c1. The zero-order valence-corrected chi connectivity index (χ0v) is 13.7. The monoisotopic (exact) mass is 328 g/mol. The van der Waals surface area contributed by atoms with Gasteiger partial charge in [0, 0.05) is 18.7 Å². The number of carbonyl (C=O) groups excluding carboxylic acids is 2. The van der Waals surface area contributed by atoms with Crippen LogP contribution in [-0.2, 0) is 9.59 Å². The van der Waals surface area contributed by atoms with Crippen LogP contribution in [0, 0.1) is 11.6 Å². The lowest BCUT2D eigenvalue weighted by molar-refractivity contribution is -0.141. The maximum atomic E-state index is 13.1. The Hall–Kier alpha value is -2.18. The molecule has 0 aromatic heterocycles. The van der Waals surface area contributed by atoms with Gasteiger partial charge in [0.15, 0.2) is 17.7 Å². The Labute approximate surface area is 134 Å². The molecule has 1 N–H and O–H groups in total. The number of nitrogens with zero attached hydrogens (tertiary/aromatic N) is 1. The normalized spacial score (nSPS) is 12.0. The van der Waals surface area contributed by atoms with Gasteiger partial charge in [0.2, 0.25) is 5.91 Å². The highest BCUT2D eigenvalue weighted by atomic mass is 19.2. The summed E-state index contributed by atoms with van der Waals surface area (Å²) in [7, 11) is 0. The summed E-state index contributed by atoms with van der Waals surface area (Å²) < 4.78 is 31.3. The fourth-order valence-electron chi connectivity index (χ4n) is 1.95. The molecule has 0 aliphatic carbocycles. The van der Waals surface area contributed by atoms with Crippen LogP contribution in [0.1, 0.15) is 27.7 Å². The molecule has 1 rings (SSSR count). The number of hydrogen-bond donors (Lipinski definition) is 1. The average molecular weight is 328 g/mol. The third-order valence-electron chi connectivity index (χ3n) is 3.03. The van der Waals surface area contributed by atoms with Crippen LogP contribution in [0.3, 0.4) is 0 Å². The molecular formula is C16H22F2N2O3. The molecule has 0 saturated carbocycles. The van der Waals surface area contributed by atoms with Crippen LogP contribution in [-0.4, -0.2) is 41.9 Å². The van der Waals surface area contributed by atoms with E-state index in [0.717, 1.165) is 12.1 Å². The van der Waals surface area contributed by atoms with Crippen molar-refractivity contribution in [2.45, 2.75) is 39.8 Å². The van der Waals surface area contributed by atoms with E-state index >= 15 is 0 Å². The summed E-state index contributed by atoms with van der Waals surface area (Å²) in [5.74, 6) is -2.67. The number of halogens is 2. The lowest BCUT2D eigenvalue weighted by Gasteiger charge is -2.24. The largest absolute Gasteiger partial charge is 0.481 e. The summed E-state index contributed by atoms with van der Waals surface area (Å²) in [6.07, 6.45) is -0.924. The summed E-state index contributed by atoms with van der Waals surface area (Å²) in [5, 5.41) is 2.70. The first-order valence-corrected chi connectivity index (χ1v) is 7.44. The van der Waals surface area contributed by atoms with E-state index in [0.29, 0.717) is 6.54 Å². The van der Waals surface area contributed by atoms with Crippen LogP contribution in [0.2, 0.25) is 0 Å². The summed E-state index contributed by atoms with van der Waals surface area (Å²) in [6, 6.07) is 3.02. The topological polar surface area (TPSA) is 58.6 Å². The van der Waals surface area contributed by atoms with Crippen LogP contribution < -0.4 is 10.1 Å². The van der Waals surface area contributed by atoms with Crippen molar-refractivity contribution in [2.24, 2.45) is 0 Å². The Morgan fingerprint density at radius 2 is 1.87 bits per heavy atom. The first-order chi connectivity index (χ1) is 10.7. The number of amides is 2. The number of hydrogen-bond acceptors (Lipinski definition) is 3. The maximum Gasteiger partial charge on any atom is 0.263 e. The molecule has 0 bridgehead atoms. The van der Waals surface area contributed by atoms with E-state index in [1.54, 1.807) is 6.92 Å². The molecule has 1 atom stereocenters. The minimum absolute atomic E-state index is 0.0211. The number of ether oxygens (including phenoxy) is 1. The van der Waals surface area contributed by atoms with E-state index in [2.05, 4.69) is 5.32 Å². The van der Waals surface area contributed by atoms with Gasteiger partial charge >= 0.3 is 0 Å².